The molecule has 0 aliphatic heterocycles. The van der Waals surface area contributed by atoms with E-state index in [-0.39, 0.29) is 11.7 Å². The van der Waals surface area contributed by atoms with Crippen LogP contribution in [-0.2, 0) is 0 Å². The van der Waals surface area contributed by atoms with E-state index in [0.29, 0.717) is 11.4 Å². The van der Waals surface area contributed by atoms with Crippen molar-refractivity contribution in [3.8, 4) is 5.75 Å². The number of pyridine rings is 1. The highest BCUT2D eigenvalue weighted by Gasteiger charge is 2.17. The second-order valence-corrected chi connectivity index (χ2v) is 4.67. The second kappa shape index (κ2) is 5.22. The van der Waals surface area contributed by atoms with Crippen molar-refractivity contribution in [3.05, 3.63) is 42.2 Å². The van der Waals surface area contributed by atoms with Gasteiger partial charge in [0.25, 0.3) is 0 Å². The topological polar surface area (TPSA) is 39.2 Å². The Balaban J connectivity index is 2.82. The number of ketones is 1. The van der Waals surface area contributed by atoms with E-state index in [1.165, 1.54) is 0 Å². The van der Waals surface area contributed by atoms with E-state index in [4.69, 9.17) is 4.74 Å². The third-order valence-corrected chi connectivity index (χ3v) is 3.04. The molecule has 0 amide bonds. The van der Waals surface area contributed by atoms with E-state index in [0.717, 1.165) is 16.5 Å². The van der Waals surface area contributed by atoms with Crippen molar-refractivity contribution in [2.24, 2.45) is 5.92 Å². The van der Waals surface area contributed by atoms with Crippen LogP contribution in [0.15, 0.2) is 30.8 Å². The highest BCUT2D eigenvalue weighted by atomic mass is 16.5. The molecule has 0 aliphatic rings. The van der Waals surface area contributed by atoms with Crippen molar-refractivity contribution in [3.63, 3.8) is 0 Å². The maximum Gasteiger partial charge on any atom is 0.184 e. The first-order valence-corrected chi connectivity index (χ1v) is 6.23. The minimum Gasteiger partial charge on any atom is -0.496 e. The van der Waals surface area contributed by atoms with Crippen LogP contribution < -0.4 is 4.74 Å². The van der Waals surface area contributed by atoms with Crippen molar-refractivity contribution < 1.29 is 9.53 Å². The summed E-state index contributed by atoms with van der Waals surface area (Å²) in [6.07, 6.45) is 1.64. The lowest BCUT2D eigenvalue weighted by molar-refractivity contribution is 0.0936. The van der Waals surface area contributed by atoms with Crippen molar-refractivity contribution in [1.29, 1.82) is 0 Å². The van der Waals surface area contributed by atoms with Gasteiger partial charge in [-0.2, -0.15) is 0 Å². The van der Waals surface area contributed by atoms with Gasteiger partial charge in [0, 0.05) is 16.7 Å². The molecule has 0 unspecified atom stereocenters. The number of aromatic nitrogens is 1. The van der Waals surface area contributed by atoms with Crippen molar-refractivity contribution in [1.82, 2.24) is 4.98 Å². The summed E-state index contributed by atoms with van der Waals surface area (Å²) in [5.74, 6) is 0.671. The van der Waals surface area contributed by atoms with Gasteiger partial charge in [-0.15, -0.1) is 0 Å². The third kappa shape index (κ3) is 2.36. The number of carbonyl (C=O) groups excluding carboxylic acids is 1. The van der Waals surface area contributed by atoms with E-state index >= 15 is 0 Å². The van der Waals surface area contributed by atoms with Crippen LogP contribution in [0.2, 0.25) is 0 Å². The molecule has 0 aliphatic carbocycles. The fourth-order valence-electron chi connectivity index (χ4n) is 2.01. The summed E-state index contributed by atoms with van der Waals surface area (Å²) >= 11 is 0. The lowest BCUT2D eigenvalue weighted by Gasteiger charge is -2.11. The highest BCUT2D eigenvalue weighted by Crippen LogP contribution is 2.29. The fourth-order valence-corrected chi connectivity index (χ4v) is 2.01. The van der Waals surface area contributed by atoms with Crippen LogP contribution in [0.3, 0.4) is 0 Å². The number of methoxy groups -OCH3 is 1. The van der Waals surface area contributed by atoms with Gasteiger partial charge in [-0.3, -0.25) is 4.79 Å². The number of fused-ring (bicyclic) bond motifs is 1. The van der Waals surface area contributed by atoms with E-state index in [1.807, 2.05) is 38.1 Å². The maximum absolute atomic E-state index is 12.3. The Hall–Kier alpha value is -2.16. The molecule has 2 aromatic rings. The molecule has 1 heterocycles. The standard InChI is InChI=1S/C16H17NO2/c1-5-11-9-13-12(7-6-8-14(13)19-4)15(17-11)16(18)10(2)3/h5-10H,1H2,2-4H3. The summed E-state index contributed by atoms with van der Waals surface area (Å²) in [5.41, 5.74) is 1.17. The number of nitrogens with zero attached hydrogens (tertiary/aromatic N) is 1. The van der Waals surface area contributed by atoms with Gasteiger partial charge in [0.1, 0.15) is 11.4 Å². The summed E-state index contributed by atoms with van der Waals surface area (Å²) in [6, 6.07) is 7.53. The Morgan fingerprint density at radius 3 is 2.68 bits per heavy atom. The molecule has 2 rings (SSSR count). The van der Waals surface area contributed by atoms with Crippen LogP contribution in [0.5, 0.6) is 5.75 Å². The highest BCUT2D eigenvalue weighted by molar-refractivity contribution is 6.08. The van der Waals surface area contributed by atoms with Crippen molar-refractivity contribution in [2.75, 3.05) is 7.11 Å². The molecule has 0 saturated carbocycles. The quantitative estimate of drug-likeness (QED) is 0.781. The monoisotopic (exact) mass is 255 g/mol. The Morgan fingerprint density at radius 2 is 2.11 bits per heavy atom. The molecule has 0 bridgehead atoms. The van der Waals surface area contributed by atoms with E-state index in [1.54, 1.807) is 13.2 Å². The van der Waals surface area contributed by atoms with Crippen LogP contribution in [0, 0.1) is 5.92 Å². The maximum atomic E-state index is 12.3. The van der Waals surface area contributed by atoms with E-state index in [2.05, 4.69) is 11.6 Å². The average molecular weight is 255 g/mol. The Labute approximate surface area is 112 Å². The summed E-state index contributed by atoms with van der Waals surface area (Å²) in [4.78, 5) is 16.7. The lowest BCUT2D eigenvalue weighted by Crippen LogP contribution is -2.11. The Bertz CT molecular complexity index is 644. The molecule has 1 aromatic heterocycles. The number of rotatable bonds is 4. The SMILES string of the molecule is C=Cc1cc2c(OC)cccc2c(C(=O)C(C)C)n1. The number of Topliss-reactive ketones (excluding diaryl/α,β-unsaturated/α-hetero) is 1. The summed E-state index contributed by atoms with van der Waals surface area (Å²) in [7, 11) is 1.62. The predicted octanol–water partition coefficient (Wildman–Crippen LogP) is 3.73. The first-order valence-electron chi connectivity index (χ1n) is 6.23. The molecule has 0 saturated heterocycles. The molecule has 0 N–H and O–H groups in total. The van der Waals surface area contributed by atoms with Gasteiger partial charge in [0.15, 0.2) is 5.78 Å². The van der Waals surface area contributed by atoms with Crippen molar-refractivity contribution in [2.45, 2.75) is 13.8 Å². The third-order valence-electron chi connectivity index (χ3n) is 3.04. The zero-order chi connectivity index (χ0) is 14.0. The number of hydrogen-bond donors (Lipinski definition) is 0. The second-order valence-electron chi connectivity index (χ2n) is 4.67. The Kier molecular flexibility index (Phi) is 3.65. The largest absolute Gasteiger partial charge is 0.496 e. The molecular formula is C16H17NO2. The van der Waals surface area contributed by atoms with E-state index in [9.17, 15) is 4.79 Å². The average Bonchev–Trinajstić information content (AvgIpc) is 2.44. The van der Waals surface area contributed by atoms with E-state index < -0.39 is 0 Å². The molecule has 0 fully saturated rings. The molecule has 3 nitrogen and oxygen atoms in total. The molecule has 1 aromatic carbocycles. The number of carbonyl (C=O) groups is 1. The molecular weight excluding hydrogens is 238 g/mol. The number of hydrogen-bond acceptors (Lipinski definition) is 3. The van der Waals surface area contributed by atoms with Gasteiger partial charge in [-0.1, -0.05) is 32.6 Å². The van der Waals surface area contributed by atoms with Crippen LogP contribution in [-0.4, -0.2) is 17.9 Å². The molecule has 0 radical (unpaired) electrons. The van der Waals surface area contributed by atoms with Crippen LogP contribution in [0.1, 0.15) is 30.0 Å². The minimum atomic E-state index is -0.0954. The number of ether oxygens (including phenoxy) is 1. The lowest BCUT2D eigenvalue weighted by atomic mass is 9.99. The summed E-state index contributed by atoms with van der Waals surface area (Å²) in [6.45, 7) is 7.47. The normalized spacial score (nSPS) is 10.7. The smallest absolute Gasteiger partial charge is 0.184 e. The van der Waals surface area contributed by atoms with Gasteiger partial charge >= 0.3 is 0 Å². The first-order chi connectivity index (χ1) is 9.08. The van der Waals surface area contributed by atoms with Gasteiger partial charge in [-0.25, -0.2) is 4.98 Å². The summed E-state index contributed by atoms with van der Waals surface area (Å²) < 4.78 is 5.35. The predicted molar refractivity (Wildman–Crippen MR) is 77.6 cm³/mol. The van der Waals surface area contributed by atoms with Crippen LogP contribution >= 0.6 is 0 Å². The van der Waals surface area contributed by atoms with Crippen LogP contribution in [0.25, 0.3) is 16.8 Å². The van der Waals surface area contributed by atoms with Crippen molar-refractivity contribution >= 4 is 22.6 Å². The van der Waals surface area contributed by atoms with Gasteiger partial charge in [-0.05, 0) is 18.2 Å². The molecule has 19 heavy (non-hydrogen) atoms. The fraction of sp³-hybridized carbons (Fsp3) is 0.250. The first kappa shape index (κ1) is 13.3. The minimum absolute atomic E-state index is 0.0296. The van der Waals surface area contributed by atoms with Crippen LogP contribution in [0.4, 0.5) is 0 Å². The zero-order valence-corrected chi connectivity index (χ0v) is 11.4. The summed E-state index contributed by atoms with van der Waals surface area (Å²) in [5, 5.41) is 1.71. The van der Waals surface area contributed by atoms with Gasteiger partial charge < -0.3 is 4.74 Å². The van der Waals surface area contributed by atoms with Gasteiger partial charge in [0.2, 0.25) is 0 Å². The molecule has 0 spiro atoms. The number of benzene rings is 1. The van der Waals surface area contributed by atoms with Gasteiger partial charge in [0.05, 0.1) is 12.8 Å². The molecule has 98 valence electrons. The molecule has 3 heteroatoms. The molecule has 0 atom stereocenters. The zero-order valence-electron chi connectivity index (χ0n) is 11.4. The Morgan fingerprint density at radius 1 is 1.37 bits per heavy atom.